The van der Waals surface area contributed by atoms with Gasteiger partial charge in [-0.1, -0.05) is 30.3 Å². The maximum atomic E-state index is 12.9. The summed E-state index contributed by atoms with van der Waals surface area (Å²) in [5.41, 5.74) is 2.40. The van der Waals surface area contributed by atoms with Crippen LogP contribution in [0.15, 0.2) is 48.5 Å². The van der Waals surface area contributed by atoms with E-state index in [9.17, 15) is 4.39 Å². The zero-order chi connectivity index (χ0) is 13.5. The minimum absolute atomic E-state index is 0.181. The Bertz CT molecular complexity index is 513. The number of hydrogen-bond acceptors (Lipinski definition) is 1. The van der Waals surface area contributed by atoms with Crippen molar-refractivity contribution < 1.29 is 4.39 Å². The lowest BCUT2D eigenvalue weighted by Crippen LogP contribution is -2.03. The Labute approximate surface area is 127 Å². The maximum Gasteiger partial charge on any atom is 0.124 e. The number of nitrogens with one attached hydrogen (secondary N) is 1. The second kappa shape index (κ2) is 7.48. The largest absolute Gasteiger partial charge is 0.384 e. The molecule has 2 aromatic rings. The third-order valence-electron chi connectivity index (χ3n) is 2.98. The van der Waals surface area contributed by atoms with Crippen LogP contribution in [0.4, 0.5) is 10.1 Å². The van der Waals surface area contributed by atoms with Gasteiger partial charge in [0, 0.05) is 15.8 Å². The van der Waals surface area contributed by atoms with E-state index in [0.717, 1.165) is 35.1 Å². The molecule has 0 aromatic heterocycles. The van der Waals surface area contributed by atoms with E-state index >= 15 is 0 Å². The van der Waals surface area contributed by atoms with Gasteiger partial charge in [0.15, 0.2) is 0 Å². The van der Waals surface area contributed by atoms with E-state index in [1.807, 2.05) is 6.07 Å². The number of rotatable bonds is 6. The van der Waals surface area contributed by atoms with Gasteiger partial charge in [-0.2, -0.15) is 0 Å². The lowest BCUT2D eigenvalue weighted by molar-refractivity contribution is 0.627. The summed E-state index contributed by atoms with van der Waals surface area (Å²) in [6, 6.07) is 15.4. The second-order valence-electron chi connectivity index (χ2n) is 4.49. The van der Waals surface area contributed by atoms with Crippen molar-refractivity contribution in [3.8, 4) is 0 Å². The van der Waals surface area contributed by atoms with Crippen LogP contribution < -0.4 is 5.32 Å². The smallest absolute Gasteiger partial charge is 0.124 e. The number of halogens is 2. The Kier molecular flexibility index (Phi) is 5.63. The van der Waals surface area contributed by atoms with E-state index in [1.165, 1.54) is 11.6 Å². The molecule has 0 aliphatic rings. The number of anilines is 1. The Hall–Kier alpha value is -1.10. The molecule has 3 heteroatoms. The number of benzene rings is 2. The molecule has 100 valence electrons. The maximum absolute atomic E-state index is 12.9. The molecule has 0 atom stereocenters. The van der Waals surface area contributed by atoms with Gasteiger partial charge >= 0.3 is 0 Å². The predicted octanol–water partition coefficient (Wildman–Crippen LogP) is 4.87. The molecule has 0 saturated heterocycles. The summed E-state index contributed by atoms with van der Waals surface area (Å²) in [7, 11) is 0. The van der Waals surface area contributed by atoms with Gasteiger partial charge in [-0.3, -0.25) is 0 Å². The summed E-state index contributed by atoms with van der Waals surface area (Å²) in [5, 5.41) is 3.35. The summed E-state index contributed by atoms with van der Waals surface area (Å²) >= 11 is 2.15. The van der Waals surface area contributed by atoms with Crippen molar-refractivity contribution in [2.75, 3.05) is 11.9 Å². The molecule has 0 amide bonds. The highest BCUT2D eigenvalue weighted by molar-refractivity contribution is 14.1. The minimum atomic E-state index is -0.181. The average Bonchev–Trinajstić information content (AvgIpc) is 2.42. The van der Waals surface area contributed by atoms with Crippen LogP contribution >= 0.6 is 22.6 Å². The van der Waals surface area contributed by atoms with Crippen LogP contribution in [-0.2, 0) is 6.42 Å². The third-order valence-corrected chi connectivity index (χ3v) is 3.87. The summed E-state index contributed by atoms with van der Waals surface area (Å²) in [5.74, 6) is -0.181. The lowest BCUT2D eigenvalue weighted by Gasteiger charge is -2.08. The first kappa shape index (κ1) is 14.3. The van der Waals surface area contributed by atoms with E-state index in [0.29, 0.717) is 0 Å². The van der Waals surface area contributed by atoms with Crippen LogP contribution in [-0.4, -0.2) is 6.54 Å². The van der Waals surface area contributed by atoms with Crippen molar-refractivity contribution in [3.63, 3.8) is 0 Å². The number of hydrogen-bond donors (Lipinski definition) is 1. The standard InChI is InChI=1S/C16H17FIN/c17-14-9-10-16(15(18)12-14)19-11-5-4-8-13-6-2-1-3-7-13/h1-3,6-7,9-10,12,19H,4-5,8,11H2. The zero-order valence-electron chi connectivity index (χ0n) is 10.7. The summed E-state index contributed by atoms with van der Waals surface area (Å²) in [6.07, 6.45) is 3.39. The molecule has 0 bridgehead atoms. The molecule has 0 heterocycles. The van der Waals surface area contributed by atoms with Gasteiger partial charge in [-0.25, -0.2) is 4.39 Å². The minimum Gasteiger partial charge on any atom is -0.384 e. The van der Waals surface area contributed by atoms with Crippen LogP contribution in [0.5, 0.6) is 0 Å². The van der Waals surface area contributed by atoms with Crippen LogP contribution in [0.25, 0.3) is 0 Å². The van der Waals surface area contributed by atoms with Crippen molar-refractivity contribution in [1.29, 1.82) is 0 Å². The second-order valence-corrected chi connectivity index (χ2v) is 5.66. The first-order chi connectivity index (χ1) is 9.25. The van der Waals surface area contributed by atoms with E-state index in [-0.39, 0.29) is 5.82 Å². The van der Waals surface area contributed by atoms with E-state index in [4.69, 9.17) is 0 Å². The molecule has 0 spiro atoms. The fourth-order valence-electron chi connectivity index (χ4n) is 1.95. The topological polar surface area (TPSA) is 12.0 Å². The summed E-state index contributed by atoms with van der Waals surface area (Å²) in [4.78, 5) is 0. The van der Waals surface area contributed by atoms with Gasteiger partial charge in [0.05, 0.1) is 0 Å². The Balaban J connectivity index is 1.69. The highest BCUT2D eigenvalue weighted by atomic mass is 127. The molecule has 2 aromatic carbocycles. The van der Waals surface area contributed by atoms with Crippen molar-refractivity contribution in [2.45, 2.75) is 19.3 Å². The van der Waals surface area contributed by atoms with E-state index in [2.05, 4.69) is 52.2 Å². The highest BCUT2D eigenvalue weighted by Crippen LogP contribution is 2.19. The van der Waals surface area contributed by atoms with Gasteiger partial charge < -0.3 is 5.32 Å². The molecule has 0 saturated carbocycles. The summed E-state index contributed by atoms with van der Waals surface area (Å²) in [6.45, 7) is 0.925. The average molecular weight is 369 g/mol. The van der Waals surface area contributed by atoms with Crippen LogP contribution in [0.1, 0.15) is 18.4 Å². The normalized spacial score (nSPS) is 10.4. The number of unbranched alkanes of at least 4 members (excludes halogenated alkanes) is 1. The van der Waals surface area contributed by atoms with Crippen LogP contribution in [0, 0.1) is 9.39 Å². The Morgan fingerprint density at radius 2 is 1.79 bits per heavy atom. The van der Waals surface area contributed by atoms with Crippen molar-refractivity contribution in [1.82, 2.24) is 0 Å². The van der Waals surface area contributed by atoms with Gasteiger partial charge in [-0.05, 0) is 65.6 Å². The van der Waals surface area contributed by atoms with Gasteiger partial charge in [0.1, 0.15) is 5.82 Å². The third kappa shape index (κ3) is 4.82. The quantitative estimate of drug-likeness (QED) is 0.566. The van der Waals surface area contributed by atoms with Crippen molar-refractivity contribution in [2.24, 2.45) is 0 Å². The van der Waals surface area contributed by atoms with Gasteiger partial charge in [0.25, 0.3) is 0 Å². The van der Waals surface area contributed by atoms with E-state index < -0.39 is 0 Å². The van der Waals surface area contributed by atoms with Crippen LogP contribution in [0.2, 0.25) is 0 Å². The van der Waals surface area contributed by atoms with Gasteiger partial charge in [-0.15, -0.1) is 0 Å². The first-order valence-corrected chi connectivity index (χ1v) is 7.56. The molecular formula is C16H17FIN. The van der Waals surface area contributed by atoms with Crippen molar-refractivity contribution >= 4 is 28.3 Å². The van der Waals surface area contributed by atoms with Crippen molar-refractivity contribution in [3.05, 3.63) is 63.5 Å². The Morgan fingerprint density at radius 1 is 1.00 bits per heavy atom. The molecule has 0 unspecified atom stereocenters. The molecule has 2 rings (SSSR count). The monoisotopic (exact) mass is 369 g/mol. The SMILES string of the molecule is Fc1ccc(NCCCCc2ccccc2)c(I)c1. The van der Waals surface area contributed by atoms with Gasteiger partial charge in [0.2, 0.25) is 0 Å². The Morgan fingerprint density at radius 3 is 2.53 bits per heavy atom. The lowest BCUT2D eigenvalue weighted by atomic mass is 10.1. The summed E-state index contributed by atoms with van der Waals surface area (Å²) < 4.78 is 13.9. The molecule has 0 fully saturated rings. The predicted molar refractivity (Wildman–Crippen MR) is 87.0 cm³/mol. The molecule has 1 nitrogen and oxygen atoms in total. The molecule has 19 heavy (non-hydrogen) atoms. The molecule has 0 aliphatic heterocycles. The molecule has 0 radical (unpaired) electrons. The fourth-order valence-corrected chi connectivity index (χ4v) is 2.62. The molecular weight excluding hydrogens is 352 g/mol. The highest BCUT2D eigenvalue weighted by Gasteiger charge is 2.00. The van der Waals surface area contributed by atoms with E-state index in [1.54, 1.807) is 12.1 Å². The molecule has 0 aliphatic carbocycles. The van der Waals surface area contributed by atoms with Crippen LogP contribution in [0.3, 0.4) is 0 Å². The zero-order valence-corrected chi connectivity index (χ0v) is 12.9. The fraction of sp³-hybridized carbons (Fsp3) is 0.250. The molecule has 1 N–H and O–H groups in total. The number of aryl methyl sites for hydroxylation is 1. The first-order valence-electron chi connectivity index (χ1n) is 6.48.